The quantitative estimate of drug-likeness (QED) is 0.144. The molecule has 0 aliphatic rings. The monoisotopic (exact) mass is 811 g/mol. The molecule has 7 aromatic rings. The first kappa shape index (κ1) is 33.4. The van der Waals surface area contributed by atoms with E-state index >= 15 is 0 Å². The van der Waals surface area contributed by atoms with Crippen molar-refractivity contribution in [1.29, 1.82) is 0 Å². The van der Waals surface area contributed by atoms with Gasteiger partial charge in [0.2, 0.25) is 0 Å². The van der Waals surface area contributed by atoms with Gasteiger partial charge in [-0.15, -0.1) is 35.7 Å². The van der Waals surface area contributed by atoms with Crippen LogP contribution in [0.25, 0.3) is 44.4 Å². The number of aryl methyl sites for hydroxylation is 3. The van der Waals surface area contributed by atoms with Crippen LogP contribution < -0.4 is 4.74 Å². The number of fused-ring (bicyclic) bond motifs is 3. The SMILES string of the molecule is CCCc1nn(-c2[c-]c(Oc3[c-]c4c(cc3)c3ccccc3n4-c3cc(C)ccn3)ccc2)c(C(C)(C)C)c1-c1ccc(CC)cc1.[Pt+2]. The van der Waals surface area contributed by atoms with E-state index in [4.69, 9.17) is 14.8 Å². The van der Waals surface area contributed by atoms with Gasteiger partial charge in [0.25, 0.3) is 0 Å². The summed E-state index contributed by atoms with van der Waals surface area (Å²) in [5.74, 6) is 2.08. The Morgan fingerprint density at radius 2 is 1.58 bits per heavy atom. The number of pyridine rings is 1. The molecule has 0 unspecified atom stereocenters. The molecule has 0 saturated heterocycles. The number of nitrogens with zero attached hydrogens (tertiary/aromatic N) is 4. The van der Waals surface area contributed by atoms with Gasteiger partial charge in [0, 0.05) is 34.2 Å². The Morgan fingerprint density at radius 3 is 2.31 bits per heavy atom. The number of aromatic nitrogens is 4. The number of ether oxygens (including phenoxy) is 1. The van der Waals surface area contributed by atoms with E-state index in [-0.39, 0.29) is 26.5 Å². The van der Waals surface area contributed by atoms with Crippen molar-refractivity contribution in [3.63, 3.8) is 0 Å². The van der Waals surface area contributed by atoms with Crippen LogP contribution in [0.2, 0.25) is 0 Å². The Balaban J connectivity index is 0.00000401. The van der Waals surface area contributed by atoms with Gasteiger partial charge in [0.15, 0.2) is 0 Å². The molecule has 0 amide bonds. The van der Waals surface area contributed by atoms with Crippen molar-refractivity contribution in [2.75, 3.05) is 0 Å². The van der Waals surface area contributed by atoms with Gasteiger partial charge in [-0.1, -0.05) is 89.0 Å². The Bertz CT molecular complexity index is 2220. The van der Waals surface area contributed by atoms with E-state index in [1.807, 2.05) is 30.5 Å². The van der Waals surface area contributed by atoms with Crippen LogP contribution >= 0.6 is 0 Å². The largest absolute Gasteiger partial charge is 2.00 e. The van der Waals surface area contributed by atoms with Crippen LogP contribution in [0.15, 0.2) is 97.2 Å². The van der Waals surface area contributed by atoms with Crippen LogP contribution in [0, 0.1) is 19.1 Å². The van der Waals surface area contributed by atoms with Crippen molar-refractivity contribution in [2.24, 2.45) is 0 Å². The molecule has 0 radical (unpaired) electrons. The average molecular weight is 812 g/mol. The molecule has 6 heteroatoms. The molecular weight excluding hydrogens is 772 g/mol. The zero-order valence-electron chi connectivity index (χ0n) is 28.4. The summed E-state index contributed by atoms with van der Waals surface area (Å²) >= 11 is 0. The van der Waals surface area contributed by atoms with E-state index in [1.165, 1.54) is 22.4 Å². The molecule has 0 aliphatic carbocycles. The van der Waals surface area contributed by atoms with Crippen molar-refractivity contribution in [1.82, 2.24) is 19.3 Å². The van der Waals surface area contributed by atoms with Gasteiger partial charge in [-0.25, -0.2) is 4.98 Å². The number of rotatable bonds is 8. The van der Waals surface area contributed by atoms with E-state index in [0.717, 1.165) is 63.8 Å². The Labute approximate surface area is 297 Å². The summed E-state index contributed by atoms with van der Waals surface area (Å²) in [4.78, 5) is 4.71. The maximum absolute atomic E-state index is 6.49. The first-order chi connectivity index (χ1) is 22.7. The van der Waals surface area contributed by atoms with Gasteiger partial charge in [0.1, 0.15) is 5.82 Å². The molecule has 48 heavy (non-hydrogen) atoms. The first-order valence-corrected chi connectivity index (χ1v) is 16.6. The van der Waals surface area contributed by atoms with E-state index in [9.17, 15) is 0 Å². The summed E-state index contributed by atoms with van der Waals surface area (Å²) in [7, 11) is 0. The molecule has 3 aromatic heterocycles. The molecule has 0 bridgehead atoms. The maximum Gasteiger partial charge on any atom is 2.00 e. The normalized spacial score (nSPS) is 11.6. The van der Waals surface area contributed by atoms with Crippen LogP contribution in [0.5, 0.6) is 11.5 Å². The fourth-order valence-corrected chi connectivity index (χ4v) is 6.50. The summed E-state index contributed by atoms with van der Waals surface area (Å²) < 4.78 is 10.7. The van der Waals surface area contributed by atoms with Crippen molar-refractivity contribution < 1.29 is 25.8 Å². The summed E-state index contributed by atoms with van der Waals surface area (Å²) in [6.45, 7) is 13.3. The zero-order valence-corrected chi connectivity index (χ0v) is 30.6. The summed E-state index contributed by atoms with van der Waals surface area (Å²) in [5, 5.41) is 7.48. The maximum atomic E-state index is 6.49. The molecule has 5 nitrogen and oxygen atoms in total. The van der Waals surface area contributed by atoms with Crippen LogP contribution in [0.1, 0.15) is 63.6 Å². The Kier molecular flexibility index (Phi) is 9.45. The molecule has 0 fully saturated rings. The average Bonchev–Trinajstić information content (AvgIpc) is 3.61. The molecule has 0 atom stereocenters. The Morgan fingerprint density at radius 1 is 0.812 bits per heavy atom. The molecule has 0 spiro atoms. The minimum Gasteiger partial charge on any atom is -0.509 e. The van der Waals surface area contributed by atoms with E-state index in [0.29, 0.717) is 11.5 Å². The standard InChI is InChI=1S/C42H40N4O.Pt/c1-7-12-36-40(30-19-17-29(8-2)18-20-30)41(42(4,5)6)46(44-36)31-13-11-14-32(26-31)47-33-21-22-35-34-15-9-10-16-37(34)45(38(35)27-33)39-25-28(3)23-24-43-39;/h9-11,13-25H,7-8,12H2,1-6H3;/q-2;+2. The number of hydrogen-bond acceptors (Lipinski definition) is 3. The Hall–Kier alpha value is -4.47. The molecule has 244 valence electrons. The van der Waals surface area contributed by atoms with Crippen LogP contribution in [-0.4, -0.2) is 19.3 Å². The fourth-order valence-electron chi connectivity index (χ4n) is 6.50. The second-order valence-corrected chi connectivity index (χ2v) is 13.3. The van der Waals surface area contributed by atoms with Crippen LogP contribution in [-0.2, 0) is 39.3 Å². The third-order valence-corrected chi connectivity index (χ3v) is 8.69. The smallest absolute Gasteiger partial charge is 0.509 e. The minimum atomic E-state index is -0.168. The number of hydrogen-bond donors (Lipinski definition) is 0. The van der Waals surface area contributed by atoms with Gasteiger partial charge in [-0.2, -0.15) is 17.2 Å². The summed E-state index contributed by atoms with van der Waals surface area (Å²) in [6, 6.07) is 38.7. The summed E-state index contributed by atoms with van der Waals surface area (Å²) in [6.07, 6.45) is 4.78. The van der Waals surface area contributed by atoms with Gasteiger partial charge in [-0.05, 0) is 65.7 Å². The van der Waals surface area contributed by atoms with Crippen LogP contribution in [0.4, 0.5) is 0 Å². The second kappa shape index (κ2) is 13.6. The molecular formula is C42H40N4OPt. The number of para-hydroxylation sites is 1. The third-order valence-electron chi connectivity index (χ3n) is 8.69. The molecule has 4 aromatic carbocycles. The predicted octanol–water partition coefficient (Wildman–Crippen LogP) is 10.5. The first-order valence-electron chi connectivity index (χ1n) is 16.6. The minimum absolute atomic E-state index is 0. The number of benzene rings is 4. The third kappa shape index (κ3) is 6.24. The van der Waals surface area contributed by atoms with Gasteiger partial charge in [-0.3, -0.25) is 4.68 Å². The molecule has 3 heterocycles. The van der Waals surface area contributed by atoms with E-state index < -0.39 is 0 Å². The van der Waals surface area contributed by atoms with E-state index in [2.05, 4.69) is 130 Å². The molecule has 7 rings (SSSR count). The molecule has 0 saturated carbocycles. The van der Waals surface area contributed by atoms with Crippen LogP contribution in [0.3, 0.4) is 0 Å². The van der Waals surface area contributed by atoms with Crippen molar-refractivity contribution >= 4 is 21.8 Å². The summed E-state index contributed by atoms with van der Waals surface area (Å²) in [5.41, 5.74) is 9.87. The van der Waals surface area contributed by atoms with Gasteiger partial charge in [0.05, 0.1) is 11.4 Å². The fraction of sp³-hybridized carbons (Fsp3) is 0.238. The van der Waals surface area contributed by atoms with E-state index in [1.54, 1.807) is 0 Å². The van der Waals surface area contributed by atoms with Gasteiger partial charge >= 0.3 is 21.1 Å². The zero-order chi connectivity index (χ0) is 32.7. The van der Waals surface area contributed by atoms with Crippen molar-refractivity contribution in [3.8, 4) is 34.1 Å². The second-order valence-electron chi connectivity index (χ2n) is 13.3. The van der Waals surface area contributed by atoms with Crippen molar-refractivity contribution in [3.05, 3.63) is 132 Å². The topological polar surface area (TPSA) is 44.9 Å². The molecule has 0 aliphatic heterocycles. The molecule has 0 N–H and O–H groups in total. The predicted molar refractivity (Wildman–Crippen MR) is 192 cm³/mol. The van der Waals surface area contributed by atoms with Crippen molar-refractivity contribution in [2.45, 2.75) is 66.2 Å². The van der Waals surface area contributed by atoms with Gasteiger partial charge < -0.3 is 9.30 Å².